The van der Waals surface area contributed by atoms with E-state index in [2.05, 4.69) is 76.3 Å². The van der Waals surface area contributed by atoms with Crippen molar-refractivity contribution in [3.8, 4) is 0 Å². The Kier molecular flexibility index (Phi) is 5.97. The molecule has 2 aliphatic heterocycles. The average molecular weight is 428 g/mol. The monoisotopic (exact) mass is 427 g/mol. The lowest BCUT2D eigenvalue weighted by atomic mass is 9.79. The number of fused-ring (bicyclic) bond motifs is 1. The zero-order valence-electron chi connectivity index (χ0n) is 19.0. The number of amides is 1. The molecule has 32 heavy (non-hydrogen) atoms. The number of piperidine rings is 1. The van der Waals surface area contributed by atoms with Crippen LogP contribution in [0, 0.1) is 11.3 Å². The molecular formula is C28H33N3O. The number of aromatic nitrogens is 1. The Hall–Kier alpha value is -2.72. The molecule has 4 heteroatoms. The van der Waals surface area contributed by atoms with Crippen LogP contribution in [0.3, 0.4) is 0 Å². The molecular weight excluding hydrogens is 394 g/mol. The molecule has 1 aromatic heterocycles. The molecule has 0 unspecified atom stereocenters. The van der Waals surface area contributed by atoms with Gasteiger partial charge in [0.25, 0.3) is 0 Å². The number of hydrogen-bond acceptors (Lipinski definition) is 3. The second-order valence-corrected chi connectivity index (χ2v) is 9.96. The smallest absolute Gasteiger partial charge is 0.228 e. The predicted molar refractivity (Wildman–Crippen MR) is 129 cm³/mol. The molecule has 1 atom stereocenters. The van der Waals surface area contributed by atoms with Crippen LogP contribution in [-0.4, -0.2) is 46.9 Å². The van der Waals surface area contributed by atoms with Crippen molar-refractivity contribution in [1.29, 1.82) is 0 Å². The summed E-state index contributed by atoms with van der Waals surface area (Å²) < 4.78 is 0. The van der Waals surface area contributed by atoms with Crippen molar-refractivity contribution in [2.24, 2.45) is 11.3 Å². The summed E-state index contributed by atoms with van der Waals surface area (Å²) in [6.07, 6.45) is 5.90. The van der Waals surface area contributed by atoms with E-state index in [0.29, 0.717) is 11.8 Å². The van der Waals surface area contributed by atoms with Gasteiger partial charge >= 0.3 is 0 Å². The summed E-state index contributed by atoms with van der Waals surface area (Å²) in [5.41, 5.74) is 3.54. The lowest BCUT2D eigenvalue weighted by Crippen LogP contribution is -2.48. The van der Waals surface area contributed by atoms with Crippen LogP contribution in [0.4, 0.5) is 0 Å². The molecule has 2 aliphatic rings. The molecule has 166 valence electrons. The van der Waals surface area contributed by atoms with Gasteiger partial charge in [0.15, 0.2) is 0 Å². The van der Waals surface area contributed by atoms with Gasteiger partial charge in [0, 0.05) is 36.6 Å². The van der Waals surface area contributed by atoms with Crippen LogP contribution < -0.4 is 0 Å². The summed E-state index contributed by atoms with van der Waals surface area (Å²) in [7, 11) is 0. The molecule has 2 saturated heterocycles. The van der Waals surface area contributed by atoms with Crippen molar-refractivity contribution < 1.29 is 4.79 Å². The van der Waals surface area contributed by atoms with Crippen molar-refractivity contribution in [2.45, 2.75) is 39.2 Å². The van der Waals surface area contributed by atoms with Gasteiger partial charge in [-0.05, 0) is 74.0 Å². The van der Waals surface area contributed by atoms with Crippen molar-refractivity contribution in [2.75, 3.05) is 26.2 Å². The van der Waals surface area contributed by atoms with Gasteiger partial charge in [-0.15, -0.1) is 0 Å². The Bertz CT molecular complexity index is 1070. The third kappa shape index (κ3) is 4.56. The van der Waals surface area contributed by atoms with Crippen LogP contribution in [0.2, 0.25) is 0 Å². The van der Waals surface area contributed by atoms with Crippen LogP contribution in [0.5, 0.6) is 0 Å². The fourth-order valence-corrected chi connectivity index (χ4v) is 5.41. The summed E-state index contributed by atoms with van der Waals surface area (Å²) in [6, 6.07) is 21.3. The lowest BCUT2D eigenvalue weighted by molar-refractivity contribution is -0.143. The van der Waals surface area contributed by atoms with Gasteiger partial charge in [-0.1, -0.05) is 49.4 Å². The summed E-state index contributed by atoms with van der Waals surface area (Å²) in [5.74, 6) is 0.928. The maximum absolute atomic E-state index is 13.5. The number of benzene rings is 2. The second kappa shape index (κ2) is 9.03. The van der Waals surface area contributed by atoms with Crippen LogP contribution >= 0.6 is 0 Å². The standard InChI is InChI=1S/C28H33N3O/c1-28(12-16-30(17-13-28)20-22-6-3-2-4-7-22)27(32)31-15-11-24(21-31)18-23-9-10-26-25(19-23)8-5-14-29-26/h2-10,14,19,24H,11-13,15-18,20-21H2,1H3/t24-/m0/s1. The minimum Gasteiger partial charge on any atom is -0.342 e. The quantitative estimate of drug-likeness (QED) is 0.579. The second-order valence-electron chi connectivity index (χ2n) is 9.96. The Balaban J connectivity index is 1.15. The topological polar surface area (TPSA) is 36.4 Å². The van der Waals surface area contributed by atoms with Gasteiger partial charge < -0.3 is 4.90 Å². The molecule has 2 aromatic carbocycles. The Labute approximate surface area is 191 Å². The predicted octanol–water partition coefficient (Wildman–Crippen LogP) is 4.93. The average Bonchev–Trinajstić information content (AvgIpc) is 3.29. The Morgan fingerprint density at radius 3 is 2.62 bits per heavy atom. The fraction of sp³-hybridized carbons (Fsp3) is 0.429. The summed E-state index contributed by atoms with van der Waals surface area (Å²) >= 11 is 0. The normalized spacial score (nSPS) is 21.2. The minimum absolute atomic E-state index is 0.212. The van der Waals surface area contributed by atoms with Gasteiger partial charge in [-0.3, -0.25) is 14.7 Å². The summed E-state index contributed by atoms with van der Waals surface area (Å²) in [5, 5.41) is 1.20. The van der Waals surface area contributed by atoms with E-state index in [-0.39, 0.29) is 5.41 Å². The van der Waals surface area contributed by atoms with E-state index in [4.69, 9.17) is 0 Å². The Morgan fingerprint density at radius 1 is 1.00 bits per heavy atom. The van der Waals surface area contributed by atoms with Gasteiger partial charge in [-0.2, -0.15) is 0 Å². The van der Waals surface area contributed by atoms with Gasteiger partial charge in [0.2, 0.25) is 5.91 Å². The molecule has 1 amide bonds. The lowest BCUT2D eigenvalue weighted by Gasteiger charge is -2.40. The number of nitrogens with zero attached hydrogens (tertiary/aromatic N) is 3. The first kappa shape index (κ1) is 21.1. The first-order valence-corrected chi connectivity index (χ1v) is 12.0. The van der Waals surface area contributed by atoms with E-state index in [0.717, 1.165) is 63.9 Å². The van der Waals surface area contributed by atoms with E-state index >= 15 is 0 Å². The number of carbonyl (C=O) groups excluding carboxylic acids is 1. The van der Waals surface area contributed by atoms with Crippen molar-refractivity contribution in [1.82, 2.24) is 14.8 Å². The first-order valence-electron chi connectivity index (χ1n) is 12.0. The number of carbonyl (C=O) groups is 1. The first-order chi connectivity index (χ1) is 15.6. The molecule has 2 fully saturated rings. The highest BCUT2D eigenvalue weighted by molar-refractivity contribution is 5.83. The molecule has 0 spiro atoms. The highest BCUT2D eigenvalue weighted by atomic mass is 16.2. The van der Waals surface area contributed by atoms with Crippen LogP contribution in [0.1, 0.15) is 37.3 Å². The highest BCUT2D eigenvalue weighted by Crippen LogP contribution is 2.35. The van der Waals surface area contributed by atoms with E-state index in [9.17, 15) is 4.79 Å². The number of hydrogen-bond donors (Lipinski definition) is 0. The zero-order valence-corrected chi connectivity index (χ0v) is 19.0. The molecule has 0 aliphatic carbocycles. The molecule has 4 nitrogen and oxygen atoms in total. The van der Waals surface area contributed by atoms with Crippen molar-refractivity contribution in [3.63, 3.8) is 0 Å². The summed E-state index contributed by atoms with van der Waals surface area (Å²) in [4.78, 5) is 22.5. The SMILES string of the molecule is CC1(C(=O)N2CC[C@@H](Cc3ccc4ncccc4c3)C2)CCN(Cc2ccccc2)CC1. The van der Waals surface area contributed by atoms with Crippen molar-refractivity contribution >= 4 is 16.8 Å². The van der Waals surface area contributed by atoms with Gasteiger partial charge in [0.1, 0.15) is 0 Å². The van der Waals surface area contributed by atoms with Crippen LogP contribution in [0.25, 0.3) is 10.9 Å². The maximum Gasteiger partial charge on any atom is 0.228 e. The van der Waals surface area contributed by atoms with Crippen LogP contribution in [0.15, 0.2) is 66.9 Å². The van der Waals surface area contributed by atoms with E-state index in [1.165, 1.54) is 16.5 Å². The highest BCUT2D eigenvalue weighted by Gasteiger charge is 2.41. The molecule has 0 bridgehead atoms. The third-order valence-electron chi connectivity index (χ3n) is 7.49. The van der Waals surface area contributed by atoms with E-state index < -0.39 is 0 Å². The Morgan fingerprint density at radius 2 is 1.81 bits per heavy atom. The minimum atomic E-state index is -0.212. The van der Waals surface area contributed by atoms with Crippen LogP contribution in [-0.2, 0) is 17.8 Å². The molecule has 0 saturated carbocycles. The molecule has 3 aromatic rings. The number of likely N-dealkylation sites (tertiary alicyclic amines) is 2. The zero-order chi connectivity index (χ0) is 22.0. The van der Waals surface area contributed by atoms with Crippen molar-refractivity contribution in [3.05, 3.63) is 78.0 Å². The maximum atomic E-state index is 13.5. The number of pyridine rings is 1. The molecule has 0 radical (unpaired) electrons. The van der Waals surface area contributed by atoms with E-state index in [1.807, 2.05) is 12.3 Å². The van der Waals surface area contributed by atoms with E-state index in [1.54, 1.807) is 0 Å². The molecule has 5 rings (SSSR count). The fourth-order valence-electron chi connectivity index (χ4n) is 5.41. The third-order valence-corrected chi connectivity index (χ3v) is 7.49. The molecule has 3 heterocycles. The van der Waals surface area contributed by atoms with Gasteiger partial charge in [-0.25, -0.2) is 0 Å². The largest absolute Gasteiger partial charge is 0.342 e. The summed E-state index contributed by atoms with van der Waals surface area (Å²) in [6.45, 7) is 6.98. The van der Waals surface area contributed by atoms with Gasteiger partial charge in [0.05, 0.1) is 5.52 Å². The number of rotatable bonds is 5. The molecule has 0 N–H and O–H groups in total.